The maximum Gasteiger partial charge on any atom is 0.105 e. The van der Waals surface area contributed by atoms with Crippen LogP contribution in [0.3, 0.4) is 0 Å². The van der Waals surface area contributed by atoms with Crippen molar-refractivity contribution in [1.29, 1.82) is 5.26 Å². The molecule has 2 rings (SSSR count). The van der Waals surface area contributed by atoms with E-state index in [2.05, 4.69) is 35.0 Å². The van der Waals surface area contributed by atoms with Gasteiger partial charge in [-0.1, -0.05) is 13.3 Å². The number of hydrogen-bond acceptors (Lipinski definition) is 4. The van der Waals surface area contributed by atoms with E-state index in [4.69, 9.17) is 0 Å². The normalized spacial score (nSPS) is 30.4. The Hall–Kier alpha value is -0.630. The predicted molar refractivity (Wildman–Crippen MR) is 87.2 cm³/mol. The SMILES string of the molecule is CCCNC(C)(C#N)CCN1CC2CCCCN2CC1C. The largest absolute Gasteiger partial charge is 0.300 e. The highest BCUT2D eigenvalue weighted by Crippen LogP contribution is 2.24. The molecule has 2 aliphatic rings. The summed E-state index contributed by atoms with van der Waals surface area (Å²) >= 11 is 0. The lowest BCUT2D eigenvalue weighted by Gasteiger charge is -2.48. The Morgan fingerprint density at radius 3 is 2.86 bits per heavy atom. The quantitative estimate of drug-likeness (QED) is 0.815. The van der Waals surface area contributed by atoms with Gasteiger partial charge >= 0.3 is 0 Å². The van der Waals surface area contributed by atoms with Crippen molar-refractivity contribution < 1.29 is 0 Å². The van der Waals surface area contributed by atoms with E-state index in [0.717, 1.165) is 32.0 Å². The first-order chi connectivity index (χ1) is 10.1. The fraction of sp³-hybridized carbons (Fsp3) is 0.941. The minimum Gasteiger partial charge on any atom is -0.300 e. The summed E-state index contributed by atoms with van der Waals surface area (Å²) in [7, 11) is 0. The molecule has 0 aromatic heterocycles. The zero-order valence-corrected chi connectivity index (χ0v) is 14.1. The molecule has 0 aliphatic carbocycles. The number of nitrogens with zero attached hydrogens (tertiary/aromatic N) is 3. The van der Waals surface area contributed by atoms with E-state index in [1.807, 2.05) is 6.92 Å². The van der Waals surface area contributed by atoms with Gasteiger partial charge < -0.3 is 0 Å². The molecule has 4 heteroatoms. The van der Waals surface area contributed by atoms with Gasteiger partial charge in [0.25, 0.3) is 0 Å². The number of rotatable bonds is 6. The third kappa shape index (κ3) is 4.42. The fourth-order valence-corrected chi connectivity index (χ4v) is 3.68. The molecule has 3 unspecified atom stereocenters. The van der Waals surface area contributed by atoms with Crippen molar-refractivity contribution in [3.63, 3.8) is 0 Å². The lowest BCUT2D eigenvalue weighted by Crippen LogP contribution is -2.59. The van der Waals surface area contributed by atoms with Crippen molar-refractivity contribution in [3.05, 3.63) is 0 Å². The Morgan fingerprint density at radius 2 is 2.14 bits per heavy atom. The summed E-state index contributed by atoms with van der Waals surface area (Å²) < 4.78 is 0. The highest BCUT2D eigenvalue weighted by atomic mass is 15.3. The number of hydrogen-bond donors (Lipinski definition) is 1. The maximum absolute atomic E-state index is 9.46. The summed E-state index contributed by atoms with van der Waals surface area (Å²) in [5.41, 5.74) is -0.376. The highest BCUT2D eigenvalue weighted by molar-refractivity contribution is 5.04. The molecule has 4 nitrogen and oxygen atoms in total. The Bertz CT molecular complexity index is 364. The average molecular weight is 292 g/mol. The van der Waals surface area contributed by atoms with Gasteiger partial charge in [-0.3, -0.25) is 15.1 Å². The van der Waals surface area contributed by atoms with Crippen LogP contribution in [0.1, 0.15) is 52.9 Å². The van der Waals surface area contributed by atoms with Gasteiger partial charge in [-0.05, 0) is 52.6 Å². The number of piperazine rings is 1. The van der Waals surface area contributed by atoms with Crippen LogP contribution in [0.15, 0.2) is 0 Å². The minimum atomic E-state index is -0.376. The molecular formula is C17H32N4. The second kappa shape index (κ2) is 7.58. The number of nitrogens with one attached hydrogen (secondary N) is 1. The summed E-state index contributed by atoms with van der Waals surface area (Å²) in [6.45, 7) is 12.2. The predicted octanol–water partition coefficient (Wildman–Crippen LogP) is 2.22. The topological polar surface area (TPSA) is 42.3 Å². The van der Waals surface area contributed by atoms with Crippen LogP contribution in [0.5, 0.6) is 0 Å². The lowest BCUT2D eigenvalue weighted by atomic mass is 9.95. The number of nitriles is 1. The van der Waals surface area contributed by atoms with Gasteiger partial charge in [-0.2, -0.15) is 5.26 Å². The van der Waals surface area contributed by atoms with E-state index in [0.29, 0.717) is 6.04 Å². The molecule has 0 spiro atoms. The second-order valence-electron chi connectivity index (χ2n) is 7.11. The van der Waals surface area contributed by atoms with Gasteiger partial charge in [0.15, 0.2) is 0 Å². The molecule has 1 N–H and O–H groups in total. The number of piperidine rings is 1. The molecule has 2 aliphatic heterocycles. The summed E-state index contributed by atoms with van der Waals surface area (Å²) in [5, 5.41) is 12.9. The van der Waals surface area contributed by atoms with Crippen molar-refractivity contribution in [2.24, 2.45) is 0 Å². The van der Waals surface area contributed by atoms with Gasteiger partial charge in [0.1, 0.15) is 5.54 Å². The molecule has 0 aromatic carbocycles. The zero-order chi connectivity index (χ0) is 15.3. The van der Waals surface area contributed by atoms with Crippen LogP contribution in [0.4, 0.5) is 0 Å². The Morgan fingerprint density at radius 1 is 1.33 bits per heavy atom. The van der Waals surface area contributed by atoms with Crippen LogP contribution >= 0.6 is 0 Å². The molecule has 2 saturated heterocycles. The van der Waals surface area contributed by atoms with Crippen LogP contribution in [0, 0.1) is 11.3 Å². The summed E-state index contributed by atoms with van der Waals surface area (Å²) in [4.78, 5) is 5.29. The van der Waals surface area contributed by atoms with Crippen molar-refractivity contribution in [2.75, 3.05) is 32.7 Å². The molecule has 2 heterocycles. The van der Waals surface area contributed by atoms with Gasteiger partial charge in [-0.25, -0.2) is 0 Å². The third-order valence-corrected chi connectivity index (χ3v) is 5.23. The fourth-order valence-electron chi connectivity index (χ4n) is 3.68. The zero-order valence-electron chi connectivity index (χ0n) is 14.1. The van der Waals surface area contributed by atoms with Crippen molar-refractivity contribution >= 4 is 0 Å². The average Bonchev–Trinajstić information content (AvgIpc) is 2.51. The minimum absolute atomic E-state index is 0.376. The van der Waals surface area contributed by atoms with Crippen LogP contribution < -0.4 is 5.32 Å². The Kier molecular flexibility index (Phi) is 6.04. The van der Waals surface area contributed by atoms with Crippen LogP contribution in [-0.4, -0.2) is 60.1 Å². The van der Waals surface area contributed by atoms with Gasteiger partial charge in [0.05, 0.1) is 6.07 Å². The first-order valence-electron chi connectivity index (χ1n) is 8.72. The molecule has 21 heavy (non-hydrogen) atoms. The van der Waals surface area contributed by atoms with Crippen LogP contribution in [0.25, 0.3) is 0 Å². The van der Waals surface area contributed by atoms with Crippen LogP contribution in [0.2, 0.25) is 0 Å². The van der Waals surface area contributed by atoms with E-state index >= 15 is 0 Å². The smallest absolute Gasteiger partial charge is 0.105 e. The summed E-state index contributed by atoms with van der Waals surface area (Å²) in [5.74, 6) is 0. The molecule has 0 radical (unpaired) electrons. The first kappa shape index (κ1) is 16.7. The van der Waals surface area contributed by atoms with E-state index < -0.39 is 0 Å². The van der Waals surface area contributed by atoms with Crippen molar-refractivity contribution in [2.45, 2.75) is 70.5 Å². The summed E-state index contributed by atoms with van der Waals surface area (Å²) in [6.07, 6.45) is 6.11. The maximum atomic E-state index is 9.46. The standard InChI is InChI=1S/C17H32N4/c1-4-9-19-17(3,14-18)8-11-20-13-16-7-5-6-10-21(16)12-15(20)2/h15-16,19H,4-13H2,1-3H3. The Labute approximate surface area is 130 Å². The molecule has 0 aromatic rings. The molecule has 0 saturated carbocycles. The first-order valence-corrected chi connectivity index (χ1v) is 8.72. The van der Waals surface area contributed by atoms with E-state index in [1.54, 1.807) is 0 Å². The van der Waals surface area contributed by atoms with E-state index in [1.165, 1.54) is 38.9 Å². The van der Waals surface area contributed by atoms with Gasteiger partial charge in [0.2, 0.25) is 0 Å². The summed E-state index contributed by atoms with van der Waals surface area (Å²) in [6, 6.07) is 3.85. The van der Waals surface area contributed by atoms with Gasteiger partial charge in [0, 0.05) is 31.7 Å². The number of fused-ring (bicyclic) bond motifs is 1. The highest BCUT2D eigenvalue weighted by Gasteiger charge is 2.34. The molecule has 120 valence electrons. The van der Waals surface area contributed by atoms with Crippen LogP contribution in [-0.2, 0) is 0 Å². The molecular weight excluding hydrogens is 260 g/mol. The van der Waals surface area contributed by atoms with Gasteiger partial charge in [-0.15, -0.1) is 0 Å². The second-order valence-corrected chi connectivity index (χ2v) is 7.11. The van der Waals surface area contributed by atoms with E-state index in [-0.39, 0.29) is 5.54 Å². The van der Waals surface area contributed by atoms with Crippen molar-refractivity contribution in [1.82, 2.24) is 15.1 Å². The monoisotopic (exact) mass is 292 g/mol. The molecule has 2 fully saturated rings. The molecule has 0 bridgehead atoms. The lowest BCUT2D eigenvalue weighted by molar-refractivity contribution is 0.0127. The molecule has 3 atom stereocenters. The van der Waals surface area contributed by atoms with E-state index in [9.17, 15) is 5.26 Å². The molecule has 0 amide bonds. The Balaban J connectivity index is 1.85. The third-order valence-electron chi connectivity index (χ3n) is 5.23. The van der Waals surface area contributed by atoms with Crippen molar-refractivity contribution in [3.8, 4) is 6.07 Å².